The first-order chi connectivity index (χ1) is 10.2. The molecule has 0 aromatic carbocycles. The molecule has 0 nitrogen and oxygen atoms in total. The molecule has 2 saturated carbocycles. The van der Waals surface area contributed by atoms with Gasteiger partial charge in [-0.1, -0.05) is 64.0 Å². The fraction of sp³-hybridized carbons (Fsp3) is 0.905. The molecule has 0 aromatic heterocycles. The zero-order valence-electron chi connectivity index (χ0n) is 14.9. The number of hydrogen-bond donors (Lipinski definition) is 0. The van der Waals surface area contributed by atoms with Gasteiger partial charge in [-0.15, -0.1) is 0 Å². The summed E-state index contributed by atoms with van der Waals surface area (Å²) in [7, 11) is 0. The molecule has 0 spiro atoms. The van der Waals surface area contributed by atoms with Crippen LogP contribution in [0.3, 0.4) is 0 Å². The van der Waals surface area contributed by atoms with Crippen LogP contribution in [0.15, 0.2) is 11.6 Å². The Morgan fingerprint density at radius 1 is 0.857 bits per heavy atom. The average Bonchev–Trinajstić information content (AvgIpc) is 2.50. The van der Waals surface area contributed by atoms with Crippen LogP contribution in [0, 0.1) is 23.7 Å². The molecule has 0 N–H and O–H groups in total. The molecule has 122 valence electrons. The lowest BCUT2D eigenvalue weighted by molar-refractivity contribution is 0.276. The third-order valence-electron chi connectivity index (χ3n) is 6.36. The molecule has 0 unspecified atom stereocenters. The lowest BCUT2D eigenvalue weighted by Gasteiger charge is -2.29. The van der Waals surface area contributed by atoms with Gasteiger partial charge in [0.15, 0.2) is 0 Å². The first kappa shape index (κ1) is 17.1. The van der Waals surface area contributed by atoms with Crippen molar-refractivity contribution in [2.45, 2.75) is 97.8 Å². The molecule has 0 radical (unpaired) electrons. The molecular weight excluding hydrogens is 252 g/mol. The Hall–Kier alpha value is -0.260. The third kappa shape index (κ3) is 5.80. The smallest absolute Gasteiger partial charge is 0.0206 e. The molecule has 2 fully saturated rings. The fourth-order valence-electron chi connectivity index (χ4n) is 4.65. The highest BCUT2D eigenvalue weighted by Gasteiger charge is 2.21. The van der Waals surface area contributed by atoms with Crippen molar-refractivity contribution in [3.05, 3.63) is 11.6 Å². The summed E-state index contributed by atoms with van der Waals surface area (Å²) >= 11 is 0. The van der Waals surface area contributed by atoms with E-state index in [4.69, 9.17) is 0 Å². The Morgan fingerprint density at radius 2 is 1.43 bits per heavy atom. The highest BCUT2D eigenvalue weighted by Crippen LogP contribution is 2.36. The van der Waals surface area contributed by atoms with E-state index in [0.717, 1.165) is 23.7 Å². The van der Waals surface area contributed by atoms with Crippen molar-refractivity contribution in [2.75, 3.05) is 0 Å². The topological polar surface area (TPSA) is 0 Å². The van der Waals surface area contributed by atoms with Crippen LogP contribution in [0.25, 0.3) is 0 Å². The second-order valence-corrected chi connectivity index (χ2v) is 8.16. The summed E-state index contributed by atoms with van der Waals surface area (Å²) < 4.78 is 0. The van der Waals surface area contributed by atoms with Gasteiger partial charge in [0.1, 0.15) is 0 Å². The minimum Gasteiger partial charge on any atom is -0.0853 e. The zero-order chi connectivity index (χ0) is 15.1. The van der Waals surface area contributed by atoms with Gasteiger partial charge < -0.3 is 0 Å². The predicted octanol–water partition coefficient (Wildman–Crippen LogP) is 7.15. The van der Waals surface area contributed by atoms with Crippen LogP contribution in [-0.4, -0.2) is 0 Å². The fourth-order valence-corrected chi connectivity index (χ4v) is 4.65. The Morgan fingerprint density at radius 3 is 2.05 bits per heavy atom. The Labute approximate surface area is 133 Å². The van der Waals surface area contributed by atoms with Gasteiger partial charge in [0.25, 0.3) is 0 Å². The van der Waals surface area contributed by atoms with Gasteiger partial charge in [0, 0.05) is 0 Å². The monoisotopic (exact) mass is 290 g/mol. The maximum Gasteiger partial charge on any atom is -0.0206 e. The van der Waals surface area contributed by atoms with E-state index >= 15 is 0 Å². The van der Waals surface area contributed by atoms with Crippen LogP contribution in [-0.2, 0) is 0 Å². The third-order valence-corrected chi connectivity index (χ3v) is 6.36. The van der Waals surface area contributed by atoms with Gasteiger partial charge in [-0.2, -0.15) is 0 Å². The molecule has 0 heterocycles. The van der Waals surface area contributed by atoms with Crippen molar-refractivity contribution in [3.8, 4) is 0 Å². The maximum atomic E-state index is 2.60. The summed E-state index contributed by atoms with van der Waals surface area (Å²) in [6.07, 6.45) is 20.1. The molecule has 0 saturated heterocycles. The summed E-state index contributed by atoms with van der Waals surface area (Å²) in [5.41, 5.74) is 1.72. The van der Waals surface area contributed by atoms with E-state index in [1.807, 2.05) is 0 Å². The van der Waals surface area contributed by atoms with Gasteiger partial charge in [-0.3, -0.25) is 0 Å². The highest BCUT2D eigenvalue weighted by atomic mass is 14.3. The van der Waals surface area contributed by atoms with Crippen LogP contribution in [0.5, 0.6) is 0 Å². The molecular formula is C21H38. The quantitative estimate of drug-likeness (QED) is 0.456. The first-order valence-electron chi connectivity index (χ1n) is 9.85. The molecule has 0 bridgehead atoms. The van der Waals surface area contributed by atoms with Crippen molar-refractivity contribution in [2.24, 2.45) is 23.7 Å². The van der Waals surface area contributed by atoms with Gasteiger partial charge >= 0.3 is 0 Å². The number of allylic oxidation sites excluding steroid dienone is 2. The normalized spacial score (nSPS) is 34.9. The molecule has 21 heavy (non-hydrogen) atoms. The van der Waals surface area contributed by atoms with Crippen LogP contribution >= 0.6 is 0 Å². The van der Waals surface area contributed by atoms with Gasteiger partial charge in [-0.05, 0) is 69.1 Å². The standard InChI is InChI=1S/C21H38/c1-4-6-19-13-15-21(16-14-19)18(3)7-5-8-20-11-9-17(2)10-12-20/h7,17,19-21H,4-6,8-16H2,1-3H3. The van der Waals surface area contributed by atoms with Crippen LogP contribution < -0.4 is 0 Å². The molecule has 2 aliphatic rings. The molecule has 2 rings (SSSR count). The summed E-state index contributed by atoms with van der Waals surface area (Å²) in [5, 5.41) is 0. The van der Waals surface area contributed by atoms with E-state index in [2.05, 4.69) is 26.8 Å². The van der Waals surface area contributed by atoms with Crippen LogP contribution in [0.4, 0.5) is 0 Å². The van der Waals surface area contributed by atoms with Gasteiger partial charge in [0.2, 0.25) is 0 Å². The lowest BCUT2D eigenvalue weighted by atomic mass is 9.77. The SMILES string of the molecule is CCCC1CCC(C(C)=CCCC2CCC(C)CC2)CC1. The van der Waals surface area contributed by atoms with Crippen molar-refractivity contribution in [1.29, 1.82) is 0 Å². The zero-order valence-corrected chi connectivity index (χ0v) is 14.9. The van der Waals surface area contributed by atoms with Crippen LogP contribution in [0.2, 0.25) is 0 Å². The summed E-state index contributed by atoms with van der Waals surface area (Å²) in [4.78, 5) is 0. The van der Waals surface area contributed by atoms with Crippen LogP contribution in [0.1, 0.15) is 97.8 Å². The molecule has 0 heteroatoms. The van der Waals surface area contributed by atoms with E-state index in [-0.39, 0.29) is 0 Å². The maximum absolute atomic E-state index is 2.60. The van der Waals surface area contributed by atoms with Crippen molar-refractivity contribution in [3.63, 3.8) is 0 Å². The molecule has 0 aromatic rings. The Bertz CT molecular complexity index is 298. The summed E-state index contributed by atoms with van der Waals surface area (Å²) in [5.74, 6) is 4.00. The van der Waals surface area contributed by atoms with E-state index in [9.17, 15) is 0 Å². The number of hydrogen-bond acceptors (Lipinski definition) is 0. The largest absolute Gasteiger partial charge is 0.0853 e. The van der Waals surface area contributed by atoms with Crippen molar-refractivity contribution < 1.29 is 0 Å². The Balaban J connectivity index is 1.65. The molecule has 0 atom stereocenters. The predicted molar refractivity (Wildman–Crippen MR) is 94.5 cm³/mol. The van der Waals surface area contributed by atoms with Crippen molar-refractivity contribution in [1.82, 2.24) is 0 Å². The van der Waals surface area contributed by atoms with E-state index in [1.165, 1.54) is 77.0 Å². The Kier molecular flexibility index (Phi) is 7.34. The minimum absolute atomic E-state index is 0.921. The van der Waals surface area contributed by atoms with Gasteiger partial charge in [0.05, 0.1) is 0 Å². The summed E-state index contributed by atoms with van der Waals surface area (Å²) in [6, 6.07) is 0. The minimum atomic E-state index is 0.921. The lowest BCUT2D eigenvalue weighted by Crippen LogP contribution is -2.15. The number of rotatable bonds is 6. The summed E-state index contributed by atoms with van der Waals surface area (Å²) in [6.45, 7) is 7.17. The first-order valence-corrected chi connectivity index (χ1v) is 9.85. The second-order valence-electron chi connectivity index (χ2n) is 8.16. The average molecular weight is 291 g/mol. The van der Waals surface area contributed by atoms with E-state index < -0.39 is 0 Å². The highest BCUT2D eigenvalue weighted by molar-refractivity contribution is 5.04. The van der Waals surface area contributed by atoms with E-state index in [1.54, 1.807) is 5.57 Å². The van der Waals surface area contributed by atoms with E-state index in [0.29, 0.717) is 0 Å². The second kappa shape index (κ2) is 9.01. The molecule has 0 aliphatic heterocycles. The molecule has 2 aliphatic carbocycles. The van der Waals surface area contributed by atoms with Crippen molar-refractivity contribution >= 4 is 0 Å². The van der Waals surface area contributed by atoms with Gasteiger partial charge in [-0.25, -0.2) is 0 Å². The molecule has 0 amide bonds.